The number of hydrogen-bond donors (Lipinski definition) is 3. The van der Waals surface area contributed by atoms with Gasteiger partial charge in [0.25, 0.3) is 0 Å². The zero-order chi connectivity index (χ0) is 8.04. The average Bonchev–Trinajstić information content (AvgIpc) is 1.78. The summed E-state index contributed by atoms with van der Waals surface area (Å²) in [6.45, 7) is 0.156. The summed E-state index contributed by atoms with van der Waals surface area (Å²) in [6.07, 6.45) is -0.504. The van der Waals surface area contributed by atoms with E-state index in [1.165, 1.54) is 0 Å². The lowest BCUT2D eigenvalue weighted by atomic mass is 10.7. The topological polar surface area (TPSA) is 102 Å². The summed E-state index contributed by atoms with van der Waals surface area (Å²) in [5.74, 6) is 0. The molecule has 0 aromatic heterocycles. The number of nitrogens with one attached hydrogen (secondary N) is 1. The molecule has 0 rings (SSSR count). The van der Waals surface area contributed by atoms with Crippen LogP contribution in [0, 0.1) is 0 Å². The first-order valence-electron chi connectivity index (χ1n) is 2.56. The van der Waals surface area contributed by atoms with Crippen LogP contribution in [0.4, 0.5) is 0 Å². The van der Waals surface area contributed by atoms with E-state index < -0.39 is 13.9 Å². The molecule has 7 heteroatoms. The standard InChI is InChI=1S/C3H10NO5P/c5-9-2-1-4-3-10(6,7)8/h4-5H,1-3H2,(H2,6,7,8)/p-1. The molecule has 3 N–H and O–H groups in total. The first kappa shape index (κ1) is 10.0. The predicted octanol–water partition coefficient (Wildman–Crippen LogP) is -1.43. The Hall–Kier alpha value is 0.0300. The summed E-state index contributed by atoms with van der Waals surface area (Å²) in [5, 5.41) is 10.1. The van der Waals surface area contributed by atoms with Gasteiger partial charge in [-0.15, -0.1) is 0 Å². The third kappa shape index (κ3) is 8.03. The van der Waals surface area contributed by atoms with E-state index >= 15 is 0 Å². The number of hydrogen-bond acceptors (Lipinski definition) is 5. The quantitative estimate of drug-likeness (QED) is 0.202. The minimum atomic E-state index is -4.20. The highest BCUT2D eigenvalue weighted by molar-refractivity contribution is 7.50. The summed E-state index contributed by atoms with van der Waals surface area (Å²) in [6, 6.07) is 0. The first-order valence-corrected chi connectivity index (χ1v) is 4.32. The van der Waals surface area contributed by atoms with E-state index in [0.29, 0.717) is 0 Å². The Bertz CT molecular complexity index is 122. The predicted molar refractivity (Wildman–Crippen MR) is 31.3 cm³/mol. The van der Waals surface area contributed by atoms with Crippen LogP contribution in [0.25, 0.3) is 0 Å². The van der Waals surface area contributed by atoms with Crippen molar-refractivity contribution in [2.75, 3.05) is 19.4 Å². The van der Waals surface area contributed by atoms with Gasteiger partial charge in [0, 0.05) is 6.54 Å². The van der Waals surface area contributed by atoms with Gasteiger partial charge in [0.1, 0.15) is 7.60 Å². The smallest absolute Gasteiger partial charge is 0.146 e. The van der Waals surface area contributed by atoms with Crippen LogP contribution >= 0.6 is 7.60 Å². The summed E-state index contributed by atoms with van der Waals surface area (Å²) >= 11 is 0. The van der Waals surface area contributed by atoms with Gasteiger partial charge in [-0.2, -0.15) is 0 Å². The Labute approximate surface area is 57.9 Å². The molecule has 1 unspecified atom stereocenters. The van der Waals surface area contributed by atoms with E-state index in [-0.39, 0.29) is 13.2 Å². The van der Waals surface area contributed by atoms with Crippen molar-refractivity contribution < 1.29 is 24.5 Å². The third-order valence-electron chi connectivity index (χ3n) is 0.682. The van der Waals surface area contributed by atoms with Gasteiger partial charge in [0.15, 0.2) is 0 Å². The first-order chi connectivity index (χ1) is 4.56. The lowest BCUT2D eigenvalue weighted by Gasteiger charge is -2.15. The van der Waals surface area contributed by atoms with Crippen molar-refractivity contribution in [1.29, 1.82) is 0 Å². The Kier molecular flexibility index (Phi) is 4.80. The summed E-state index contributed by atoms with van der Waals surface area (Å²) in [5.41, 5.74) is 0. The zero-order valence-corrected chi connectivity index (χ0v) is 6.08. The molecule has 0 radical (unpaired) electrons. The maximum atomic E-state index is 10.0. The van der Waals surface area contributed by atoms with Crippen LogP contribution in [0.2, 0.25) is 0 Å². The molecule has 0 heterocycles. The molecule has 0 aromatic carbocycles. The molecular formula is C3H9NO5P-. The lowest BCUT2D eigenvalue weighted by molar-refractivity contribution is -0.240. The molecule has 0 fully saturated rings. The van der Waals surface area contributed by atoms with Crippen molar-refractivity contribution in [3.8, 4) is 0 Å². The Balaban J connectivity index is 3.13. The zero-order valence-electron chi connectivity index (χ0n) is 5.19. The normalized spacial score (nSPS) is 16.7. The second kappa shape index (κ2) is 4.79. The van der Waals surface area contributed by atoms with Crippen molar-refractivity contribution in [3.63, 3.8) is 0 Å². The Morgan fingerprint density at radius 1 is 1.70 bits per heavy atom. The van der Waals surface area contributed by atoms with Gasteiger partial charge >= 0.3 is 0 Å². The Morgan fingerprint density at radius 3 is 2.70 bits per heavy atom. The minimum Gasteiger partial charge on any atom is -0.778 e. The largest absolute Gasteiger partial charge is 0.778 e. The van der Waals surface area contributed by atoms with Crippen LogP contribution in [0.3, 0.4) is 0 Å². The molecule has 0 bridgehead atoms. The van der Waals surface area contributed by atoms with Crippen molar-refractivity contribution in [2.45, 2.75) is 0 Å². The van der Waals surface area contributed by atoms with Crippen molar-refractivity contribution in [1.82, 2.24) is 5.32 Å². The monoisotopic (exact) mass is 170 g/mol. The van der Waals surface area contributed by atoms with E-state index in [1.807, 2.05) is 0 Å². The molecule has 0 saturated heterocycles. The van der Waals surface area contributed by atoms with Gasteiger partial charge in [-0.1, -0.05) is 0 Å². The highest BCUT2D eigenvalue weighted by Gasteiger charge is 1.98. The molecule has 0 amide bonds. The van der Waals surface area contributed by atoms with Crippen LogP contribution in [0.15, 0.2) is 0 Å². The SMILES string of the molecule is O=P([O-])(O)CNCCOO. The Morgan fingerprint density at radius 2 is 2.30 bits per heavy atom. The third-order valence-corrected chi connectivity index (χ3v) is 1.30. The van der Waals surface area contributed by atoms with Crippen LogP contribution in [-0.2, 0) is 9.45 Å². The minimum absolute atomic E-state index is 0.0139. The van der Waals surface area contributed by atoms with Crippen LogP contribution in [0.1, 0.15) is 0 Å². The van der Waals surface area contributed by atoms with E-state index in [0.717, 1.165) is 0 Å². The fourth-order valence-electron chi connectivity index (χ4n) is 0.338. The molecule has 6 nitrogen and oxygen atoms in total. The van der Waals surface area contributed by atoms with Gasteiger partial charge in [-0.25, -0.2) is 4.89 Å². The van der Waals surface area contributed by atoms with Gasteiger partial charge in [0.05, 0.1) is 12.9 Å². The molecule has 0 aliphatic rings. The summed E-state index contributed by atoms with van der Waals surface area (Å²) in [7, 11) is -4.20. The maximum Gasteiger partial charge on any atom is 0.146 e. The highest BCUT2D eigenvalue weighted by Crippen LogP contribution is 2.25. The molecule has 62 valence electrons. The van der Waals surface area contributed by atoms with Gasteiger partial charge in [-0.3, -0.25) is 5.26 Å². The summed E-state index contributed by atoms with van der Waals surface area (Å²) in [4.78, 5) is 21.8. The average molecular weight is 170 g/mol. The van der Waals surface area contributed by atoms with Crippen molar-refractivity contribution in [3.05, 3.63) is 0 Å². The van der Waals surface area contributed by atoms with E-state index in [1.54, 1.807) is 0 Å². The molecule has 0 aromatic rings. The molecule has 0 aliphatic carbocycles. The molecule has 10 heavy (non-hydrogen) atoms. The fourth-order valence-corrected chi connectivity index (χ4v) is 0.779. The molecule has 1 atom stereocenters. The second-order valence-corrected chi connectivity index (χ2v) is 3.22. The van der Waals surface area contributed by atoms with E-state index in [4.69, 9.17) is 10.2 Å². The van der Waals surface area contributed by atoms with E-state index in [2.05, 4.69) is 10.2 Å². The molecular weight excluding hydrogens is 161 g/mol. The number of rotatable bonds is 5. The highest BCUT2D eigenvalue weighted by atomic mass is 31.2. The maximum absolute atomic E-state index is 10.0. The summed E-state index contributed by atoms with van der Waals surface area (Å²) < 4.78 is 10.0. The van der Waals surface area contributed by atoms with Crippen molar-refractivity contribution >= 4 is 7.60 Å². The fraction of sp³-hybridized carbons (Fsp3) is 1.00. The van der Waals surface area contributed by atoms with Crippen LogP contribution in [-0.4, -0.2) is 29.6 Å². The van der Waals surface area contributed by atoms with E-state index in [9.17, 15) is 9.46 Å². The van der Waals surface area contributed by atoms with Crippen LogP contribution in [0.5, 0.6) is 0 Å². The molecule has 0 aliphatic heterocycles. The van der Waals surface area contributed by atoms with Crippen molar-refractivity contribution in [2.24, 2.45) is 0 Å². The molecule has 0 saturated carbocycles. The van der Waals surface area contributed by atoms with Gasteiger partial charge in [-0.05, 0) is 0 Å². The second-order valence-electron chi connectivity index (χ2n) is 1.63. The lowest BCUT2D eigenvalue weighted by Crippen LogP contribution is -2.23. The van der Waals surface area contributed by atoms with Gasteiger partial charge in [0.2, 0.25) is 0 Å². The van der Waals surface area contributed by atoms with Gasteiger partial charge < -0.3 is 19.7 Å². The molecule has 0 spiro atoms. The van der Waals surface area contributed by atoms with Crippen LogP contribution < -0.4 is 10.2 Å².